The fraction of sp³-hybridized carbons (Fsp3) is 0.105. The van der Waals surface area contributed by atoms with Gasteiger partial charge in [-0.3, -0.25) is 9.52 Å². The number of carbonyl (C=O) groups is 1. The van der Waals surface area contributed by atoms with Crippen molar-refractivity contribution in [3.63, 3.8) is 0 Å². The van der Waals surface area contributed by atoms with E-state index in [2.05, 4.69) is 4.72 Å². The molecule has 0 fully saturated rings. The summed E-state index contributed by atoms with van der Waals surface area (Å²) in [5.41, 5.74) is 0.293. The predicted molar refractivity (Wildman–Crippen MR) is 109 cm³/mol. The van der Waals surface area contributed by atoms with Crippen LogP contribution in [0.25, 0.3) is 0 Å². The van der Waals surface area contributed by atoms with E-state index < -0.39 is 21.7 Å². The van der Waals surface area contributed by atoms with Gasteiger partial charge >= 0.3 is 0 Å². The van der Waals surface area contributed by atoms with Gasteiger partial charge in [0.05, 0.1) is 22.0 Å². The molecule has 0 unspecified atom stereocenters. The van der Waals surface area contributed by atoms with Gasteiger partial charge in [0.25, 0.3) is 15.9 Å². The highest BCUT2D eigenvalue weighted by Crippen LogP contribution is 2.24. The van der Waals surface area contributed by atoms with E-state index in [9.17, 15) is 17.6 Å². The average Bonchev–Trinajstić information content (AvgIpc) is 3.16. The van der Waals surface area contributed by atoms with Crippen molar-refractivity contribution in [1.82, 2.24) is 4.90 Å². The highest BCUT2D eigenvalue weighted by molar-refractivity contribution is 7.92. The van der Waals surface area contributed by atoms with Crippen LogP contribution in [0.1, 0.15) is 15.2 Å². The third kappa shape index (κ3) is 4.70. The molecule has 3 rings (SSSR count). The second kappa shape index (κ2) is 8.30. The number of anilines is 1. The third-order valence-corrected chi connectivity index (χ3v) is 6.46. The topological polar surface area (TPSA) is 66.5 Å². The normalized spacial score (nSPS) is 11.2. The fourth-order valence-corrected chi connectivity index (χ4v) is 4.52. The van der Waals surface area contributed by atoms with E-state index in [1.165, 1.54) is 46.6 Å². The summed E-state index contributed by atoms with van der Waals surface area (Å²) < 4.78 is 40.6. The summed E-state index contributed by atoms with van der Waals surface area (Å²) in [4.78, 5) is 15.1. The van der Waals surface area contributed by atoms with E-state index in [1.54, 1.807) is 7.05 Å². The Kier molecular flexibility index (Phi) is 6.02. The SMILES string of the molecule is CN(Cc1cccs1)C(=O)c1cc(S(=O)(=O)Nc2ccc(F)cc2)ccc1Cl. The molecule has 146 valence electrons. The lowest BCUT2D eigenvalue weighted by Crippen LogP contribution is -2.26. The molecule has 1 N–H and O–H groups in total. The number of nitrogens with one attached hydrogen (secondary N) is 1. The molecule has 0 aliphatic carbocycles. The molecule has 0 radical (unpaired) electrons. The van der Waals surface area contributed by atoms with Gasteiger partial charge in [-0.15, -0.1) is 11.3 Å². The lowest BCUT2D eigenvalue weighted by Gasteiger charge is -2.18. The van der Waals surface area contributed by atoms with Crippen LogP contribution in [0.2, 0.25) is 5.02 Å². The number of benzene rings is 2. The number of thiophene rings is 1. The van der Waals surface area contributed by atoms with Gasteiger partial charge in [0.2, 0.25) is 0 Å². The van der Waals surface area contributed by atoms with Crippen LogP contribution < -0.4 is 4.72 Å². The summed E-state index contributed by atoms with van der Waals surface area (Å²) in [7, 11) is -2.35. The molecule has 0 aliphatic heterocycles. The van der Waals surface area contributed by atoms with Crippen LogP contribution in [0.5, 0.6) is 0 Å². The van der Waals surface area contributed by atoms with Crippen molar-refractivity contribution in [3.05, 3.63) is 81.3 Å². The first-order chi connectivity index (χ1) is 13.3. The number of sulfonamides is 1. The van der Waals surface area contributed by atoms with Crippen molar-refractivity contribution in [2.75, 3.05) is 11.8 Å². The van der Waals surface area contributed by atoms with Gasteiger partial charge in [-0.1, -0.05) is 17.7 Å². The monoisotopic (exact) mass is 438 g/mol. The van der Waals surface area contributed by atoms with Crippen molar-refractivity contribution >= 4 is 44.6 Å². The maximum Gasteiger partial charge on any atom is 0.261 e. The average molecular weight is 439 g/mol. The van der Waals surface area contributed by atoms with Crippen molar-refractivity contribution in [2.45, 2.75) is 11.4 Å². The minimum atomic E-state index is -3.97. The maximum absolute atomic E-state index is 13.0. The van der Waals surface area contributed by atoms with Crippen LogP contribution in [0.3, 0.4) is 0 Å². The van der Waals surface area contributed by atoms with Crippen molar-refractivity contribution < 1.29 is 17.6 Å². The van der Waals surface area contributed by atoms with Crippen LogP contribution >= 0.6 is 22.9 Å². The molecule has 28 heavy (non-hydrogen) atoms. The first-order valence-corrected chi connectivity index (χ1v) is 10.9. The molecule has 0 bridgehead atoms. The Hall–Kier alpha value is -2.42. The summed E-state index contributed by atoms with van der Waals surface area (Å²) in [6, 6.07) is 12.6. The van der Waals surface area contributed by atoms with Gasteiger partial charge in [0, 0.05) is 17.6 Å². The molecule has 1 aromatic heterocycles. The van der Waals surface area contributed by atoms with Gasteiger partial charge in [-0.25, -0.2) is 12.8 Å². The zero-order chi connectivity index (χ0) is 20.3. The second-order valence-corrected chi connectivity index (χ2v) is 9.12. The second-order valence-electron chi connectivity index (χ2n) is 5.99. The molecule has 0 atom stereocenters. The number of halogens is 2. The van der Waals surface area contributed by atoms with Crippen LogP contribution in [0.4, 0.5) is 10.1 Å². The van der Waals surface area contributed by atoms with Gasteiger partial charge in [-0.05, 0) is 53.9 Å². The first-order valence-electron chi connectivity index (χ1n) is 8.12. The summed E-state index contributed by atoms with van der Waals surface area (Å²) in [5, 5.41) is 2.07. The molecule has 5 nitrogen and oxygen atoms in total. The van der Waals surface area contributed by atoms with Crippen LogP contribution in [-0.2, 0) is 16.6 Å². The Morgan fingerprint density at radius 3 is 2.54 bits per heavy atom. The Bertz CT molecular complexity index is 1080. The fourth-order valence-electron chi connectivity index (χ4n) is 2.48. The van der Waals surface area contributed by atoms with Gasteiger partial charge in [0.1, 0.15) is 5.82 Å². The molecule has 0 saturated carbocycles. The Labute approximate surface area is 171 Å². The minimum absolute atomic E-state index is 0.0858. The van der Waals surface area contributed by atoms with E-state index >= 15 is 0 Å². The van der Waals surface area contributed by atoms with Crippen molar-refractivity contribution in [2.24, 2.45) is 0 Å². The van der Waals surface area contributed by atoms with E-state index in [-0.39, 0.29) is 21.2 Å². The summed E-state index contributed by atoms with van der Waals surface area (Å²) in [5.74, 6) is -0.867. The summed E-state index contributed by atoms with van der Waals surface area (Å²) in [6.07, 6.45) is 0. The van der Waals surface area contributed by atoms with Crippen LogP contribution in [0, 0.1) is 5.82 Å². The zero-order valence-corrected chi connectivity index (χ0v) is 17.1. The number of hydrogen-bond donors (Lipinski definition) is 1. The number of hydrogen-bond acceptors (Lipinski definition) is 4. The van der Waals surface area contributed by atoms with Crippen molar-refractivity contribution in [3.8, 4) is 0 Å². The smallest absolute Gasteiger partial charge is 0.261 e. The summed E-state index contributed by atoms with van der Waals surface area (Å²) in [6.45, 7) is 0.387. The first kappa shape index (κ1) is 20.3. The molecular weight excluding hydrogens is 423 g/mol. The number of carbonyl (C=O) groups excluding carboxylic acids is 1. The van der Waals surface area contributed by atoms with Crippen LogP contribution in [-0.4, -0.2) is 26.3 Å². The molecule has 3 aromatic rings. The Balaban J connectivity index is 1.85. The molecule has 2 aromatic carbocycles. The zero-order valence-electron chi connectivity index (χ0n) is 14.7. The van der Waals surface area contributed by atoms with Gasteiger partial charge < -0.3 is 4.90 Å². The van der Waals surface area contributed by atoms with Gasteiger partial charge in [0.15, 0.2) is 0 Å². The highest BCUT2D eigenvalue weighted by Gasteiger charge is 2.21. The Morgan fingerprint density at radius 1 is 1.18 bits per heavy atom. The highest BCUT2D eigenvalue weighted by atomic mass is 35.5. The molecule has 1 amide bonds. The molecular formula is C19H16ClFN2O3S2. The number of rotatable bonds is 6. The molecule has 0 saturated heterocycles. The minimum Gasteiger partial charge on any atom is -0.337 e. The quantitative estimate of drug-likeness (QED) is 0.611. The standard InChI is InChI=1S/C19H16ClFN2O3S2/c1-23(12-15-3-2-10-27-15)19(24)17-11-16(8-9-18(17)20)28(25,26)22-14-6-4-13(21)5-7-14/h2-11,22H,12H2,1H3. The third-order valence-electron chi connectivity index (χ3n) is 3.89. The summed E-state index contributed by atoms with van der Waals surface area (Å²) >= 11 is 7.66. The molecule has 1 heterocycles. The molecule has 0 spiro atoms. The number of nitrogens with zero attached hydrogens (tertiary/aromatic N) is 1. The van der Waals surface area contributed by atoms with E-state index in [0.29, 0.717) is 6.54 Å². The maximum atomic E-state index is 13.0. The number of amides is 1. The molecule has 9 heteroatoms. The van der Waals surface area contributed by atoms with E-state index in [0.717, 1.165) is 17.0 Å². The lowest BCUT2D eigenvalue weighted by molar-refractivity contribution is 0.0786. The van der Waals surface area contributed by atoms with Crippen molar-refractivity contribution in [1.29, 1.82) is 0 Å². The van der Waals surface area contributed by atoms with Gasteiger partial charge in [-0.2, -0.15) is 0 Å². The molecule has 0 aliphatic rings. The van der Waals surface area contributed by atoms with Crippen LogP contribution in [0.15, 0.2) is 64.9 Å². The van der Waals surface area contributed by atoms with E-state index in [4.69, 9.17) is 11.6 Å². The lowest BCUT2D eigenvalue weighted by atomic mass is 10.2. The Morgan fingerprint density at radius 2 is 1.89 bits per heavy atom. The van der Waals surface area contributed by atoms with E-state index in [1.807, 2.05) is 17.5 Å². The predicted octanol–water partition coefficient (Wildman–Crippen LogP) is 4.61. The largest absolute Gasteiger partial charge is 0.337 e.